The van der Waals surface area contributed by atoms with Gasteiger partial charge in [-0.25, -0.2) is 4.79 Å². The van der Waals surface area contributed by atoms with Crippen molar-refractivity contribution in [3.63, 3.8) is 0 Å². The van der Waals surface area contributed by atoms with Crippen LogP contribution in [-0.4, -0.2) is 31.6 Å². The summed E-state index contributed by atoms with van der Waals surface area (Å²) in [5.74, 6) is 0.812. The van der Waals surface area contributed by atoms with Gasteiger partial charge in [-0.2, -0.15) is 0 Å². The molecule has 0 aliphatic carbocycles. The highest BCUT2D eigenvalue weighted by Gasteiger charge is 2.17. The number of anilines is 1. The van der Waals surface area contributed by atoms with E-state index < -0.39 is 0 Å². The van der Waals surface area contributed by atoms with Gasteiger partial charge in [-0.1, -0.05) is 11.6 Å². The van der Waals surface area contributed by atoms with Crippen LogP contribution in [0.5, 0.6) is 0 Å². The zero-order chi connectivity index (χ0) is 15.2. The van der Waals surface area contributed by atoms with Gasteiger partial charge < -0.3 is 15.1 Å². The second kappa shape index (κ2) is 7.15. The van der Waals surface area contributed by atoms with Gasteiger partial charge in [0.2, 0.25) is 0 Å². The lowest BCUT2D eigenvalue weighted by Gasteiger charge is -2.22. The number of carbonyl (C=O) groups excluding carboxylic acids is 1. The first-order valence-electron chi connectivity index (χ1n) is 6.56. The average Bonchev–Trinajstić information content (AvgIpc) is 2.95. The minimum Gasteiger partial charge on any atom is -0.468 e. The van der Waals surface area contributed by atoms with Crippen LogP contribution >= 0.6 is 11.6 Å². The Hall–Kier alpha value is -1.98. The van der Waals surface area contributed by atoms with Crippen molar-refractivity contribution in [3.8, 4) is 0 Å². The lowest BCUT2D eigenvalue weighted by Crippen LogP contribution is -2.36. The summed E-state index contributed by atoms with van der Waals surface area (Å²) < 4.78 is 5.39. The Morgan fingerprint density at radius 1 is 1.29 bits per heavy atom. The van der Waals surface area contributed by atoms with Crippen LogP contribution in [0, 0.1) is 0 Å². The predicted molar refractivity (Wildman–Crippen MR) is 83.6 cm³/mol. The van der Waals surface area contributed by atoms with Crippen LogP contribution in [0.2, 0.25) is 5.02 Å². The fraction of sp³-hybridized carbons (Fsp3) is 0.267. The Kier molecular flexibility index (Phi) is 5.25. The van der Waals surface area contributed by atoms with E-state index in [9.17, 15) is 4.79 Å². The number of amides is 2. The number of benzene rings is 1. The van der Waals surface area contributed by atoms with Crippen LogP contribution in [0.25, 0.3) is 0 Å². The van der Waals surface area contributed by atoms with Crippen molar-refractivity contribution in [1.29, 1.82) is 0 Å². The molecule has 0 radical (unpaired) electrons. The van der Waals surface area contributed by atoms with Crippen molar-refractivity contribution < 1.29 is 9.21 Å². The van der Waals surface area contributed by atoms with E-state index in [0.29, 0.717) is 17.3 Å². The van der Waals surface area contributed by atoms with Crippen molar-refractivity contribution in [2.24, 2.45) is 0 Å². The maximum atomic E-state index is 11.9. The summed E-state index contributed by atoms with van der Waals surface area (Å²) in [4.78, 5) is 13.9. The van der Waals surface area contributed by atoms with E-state index in [0.717, 1.165) is 5.76 Å². The Bertz CT molecular complexity index is 567. The van der Waals surface area contributed by atoms with E-state index in [-0.39, 0.29) is 12.1 Å². The van der Waals surface area contributed by atoms with E-state index in [1.807, 2.05) is 31.1 Å². The highest BCUT2D eigenvalue weighted by atomic mass is 35.5. The number of hydrogen-bond acceptors (Lipinski definition) is 3. The molecule has 2 N–H and O–H groups in total. The normalized spacial score (nSPS) is 12.2. The minimum atomic E-state index is -0.268. The number of halogens is 1. The molecule has 21 heavy (non-hydrogen) atoms. The molecular formula is C15H18ClN3O2. The van der Waals surface area contributed by atoms with Gasteiger partial charge in [-0.15, -0.1) is 0 Å². The summed E-state index contributed by atoms with van der Waals surface area (Å²) in [7, 11) is 3.87. The molecule has 1 unspecified atom stereocenters. The van der Waals surface area contributed by atoms with Gasteiger partial charge in [-0.05, 0) is 50.5 Å². The summed E-state index contributed by atoms with van der Waals surface area (Å²) in [6.07, 6.45) is 1.62. The Balaban J connectivity index is 1.89. The summed E-state index contributed by atoms with van der Waals surface area (Å²) in [5, 5.41) is 6.21. The monoisotopic (exact) mass is 307 g/mol. The van der Waals surface area contributed by atoms with Crippen LogP contribution in [-0.2, 0) is 0 Å². The molecule has 1 aromatic carbocycles. The van der Waals surface area contributed by atoms with Crippen molar-refractivity contribution in [2.45, 2.75) is 6.04 Å². The fourth-order valence-corrected chi connectivity index (χ4v) is 2.04. The molecule has 0 aliphatic heterocycles. The lowest BCUT2D eigenvalue weighted by atomic mass is 10.2. The molecule has 1 heterocycles. The van der Waals surface area contributed by atoms with Crippen LogP contribution in [0.4, 0.5) is 10.5 Å². The number of nitrogens with zero attached hydrogens (tertiary/aromatic N) is 1. The summed E-state index contributed by atoms with van der Waals surface area (Å²) in [6, 6.07) is 10.4. The van der Waals surface area contributed by atoms with Gasteiger partial charge in [0.05, 0.1) is 12.3 Å². The minimum absolute atomic E-state index is 0.0176. The maximum Gasteiger partial charge on any atom is 0.319 e. The van der Waals surface area contributed by atoms with Crippen LogP contribution in [0.15, 0.2) is 47.1 Å². The standard InChI is InChI=1S/C15H18ClN3O2/c1-19(2)13(14-4-3-9-21-14)10-17-15(20)18-12-7-5-11(16)6-8-12/h3-9,13H,10H2,1-2H3,(H2,17,18,20). The Labute approximate surface area is 128 Å². The first-order valence-corrected chi connectivity index (χ1v) is 6.94. The Morgan fingerprint density at radius 3 is 2.57 bits per heavy atom. The highest BCUT2D eigenvalue weighted by Crippen LogP contribution is 2.17. The number of furan rings is 1. The van der Waals surface area contributed by atoms with Gasteiger partial charge in [-0.3, -0.25) is 4.90 Å². The number of carbonyl (C=O) groups is 1. The molecule has 1 aromatic heterocycles. The second-order valence-electron chi connectivity index (χ2n) is 4.84. The topological polar surface area (TPSA) is 57.5 Å². The summed E-state index contributed by atoms with van der Waals surface area (Å²) in [5.41, 5.74) is 0.691. The molecule has 2 rings (SSSR count). The molecule has 112 valence electrons. The molecule has 5 nitrogen and oxygen atoms in total. The second-order valence-corrected chi connectivity index (χ2v) is 5.27. The largest absolute Gasteiger partial charge is 0.468 e. The lowest BCUT2D eigenvalue weighted by molar-refractivity contribution is 0.233. The number of likely N-dealkylation sites (N-methyl/N-ethyl adjacent to an activating group) is 1. The van der Waals surface area contributed by atoms with Crippen molar-refractivity contribution in [2.75, 3.05) is 26.0 Å². The molecule has 0 spiro atoms. The third kappa shape index (κ3) is 4.51. The highest BCUT2D eigenvalue weighted by molar-refractivity contribution is 6.30. The fourth-order valence-electron chi connectivity index (χ4n) is 1.92. The van der Waals surface area contributed by atoms with E-state index in [1.54, 1.807) is 30.5 Å². The molecule has 0 bridgehead atoms. The third-order valence-electron chi connectivity index (χ3n) is 3.05. The molecule has 1 atom stereocenters. The van der Waals surface area contributed by atoms with Gasteiger partial charge in [0.15, 0.2) is 0 Å². The van der Waals surface area contributed by atoms with E-state index in [2.05, 4.69) is 10.6 Å². The van der Waals surface area contributed by atoms with Crippen LogP contribution < -0.4 is 10.6 Å². The number of rotatable bonds is 5. The number of hydrogen-bond donors (Lipinski definition) is 2. The van der Waals surface area contributed by atoms with Gasteiger partial charge in [0, 0.05) is 17.3 Å². The van der Waals surface area contributed by atoms with E-state index in [4.69, 9.17) is 16.0 Å². The molecule has 0 saturated heterocycles. The molecule has 2 amide bonds. The zero-order valence-electron chi connectivity index (χ0n) is 12.0. The van der Waals surface area contributed by atoms with Crippen LogP contribution in [0.3, 0.4) is 0 Å². The van der Waals surface area contributed by atoms with E-state index in [1.165, 1.54) is 0 Å². The first-order chi connectivity index (χ1) is 10.1. The maximum absolute atomic E-state index is 11.9. The molecular weight excluding hydrogens is 290 g/mol. The number of urea groups is 1. The predicted octanol–water partition coefficient (Wildman–Crippen LogP) is 3.36. The molecule has 0 saturated carbocycles. The zero-order valence-corrected chi connectivity index (χ0v) is 12.7. The first kappa shape index (κ1) is 15.4. The Morgan fingerprint density at radius 2 is 2.00 bits per heavy atom. The molecule has 2 aromatic rings. The average molecular weight is 308 g/mol. The van der Waals surface area contributed by atoms with Crippen molar-refractivity contribution in [1.82, 2.24) is 10.2 Å². The van der Waals surface area contributed by atoms with E-state index >= 15 is 0 Å². The molecule has 0 fully saturated rings. The quantitative estimate of drug-likeness (QED) is 0.890. The summed E-state index contributed by atoms with van der Waals surface area (Å²) in [6.45, 7) is 0.444. The third-order valence-corrected chi connectivity index (χ3v) is 3.30. The van der Waals surface area contributed by atoms with Gasteiger partial charge in [0.1, 0.15) is 5.76 Å². The molecule has 6 heteroatoms. The summed E-state index contributed by atoms with van der Waals surface area (Å²) >= 11 is 5.80. The van der Waals surface area contributed by atoms with Crippen molar-refractivity contribution >= 4 is 23.3 Å². The van der Waals surface area contributed by atoms with Crippen molar-refractivity contribution in [3.05, 3.63) is 53.4 Å². The van der Waals surface area contributed by atoms with Crippen LogP contribution in [0.1, 0.15) is 11.8 Å². The molecule has 0 aliphatic rings. The number of nitrogens with one attached hydrogen (secondary N) is 2. The SMILES string of the molecule is CN(C)C(CNC(=O)Nc1ccc(Cl)cc1)c1ccco1. The smallest absolute Gasteiger partial charge is 0.319 e. The van der Waals surface area contributed by atoms with Gasteiger partial charge >= 0.3 is 6.03 Å². The van der Waals surface area contributed by atoms with Gasteiger partial charge in [0.25, 0.3) is 0 Å².